The van der Waals surface area contributed by atoms with Gasteiger partial charge in [-0.05, 0) is 230 Å². The van der Waals surface area contributed by atoms with Gasteiger partial charge >= 0.3 is 0 Å². The zero-order chi connectivity index (χ0) is 103. The molecule has 6 aliphatic rings. The third-order valence-electron chi connectivity index (χ3n) is 24.6. The van der Waals surface area contributed by atoms with Gasteiger partial charge in [0.15, 0.2) is 20.0 Å². The summed E-state index contributed by atoms with van der Waals surface area (Å²) in [4.78, 5) is 149. The van der Waals surface area contributed by atoms with Gasteiger partial charge in [-0.1, -0.05) is 55.4 Å². The number of halogens is 4. The molecule has 12 heterocycles. The van der Waals surface area contributed by atoms with E-state index in [9.17, 15) is 76.3 Å². The Kier molecular flexibility index (Phi) is 34.1. The fourth-order valence-corrected chi connectivity index (χ4v) is 19.9. The number of nitrogens with one attached hydrogen (secondary N) is 8. The highest BCUT2D eigenvalue weighted by Gasteiger charge is 2.49. The molecule has 0 unspecified atom stereocenters. The first kappa shape index (κ1) is 110. The Bertz CT molecular complexity index is 5520. The summed E-state index contributed by atoms with van der Waals surface area (Å²) in [5, 5.41) is 64.3. The van der Waals surface area contributed by atoms with Crippen LogP contribution >= 0.6 is 45.3 Å². The lowest BCUT2D eigenvalue weighted by atomic mass is 9.97. The Hall–Kier alpha value is -10.4. The van der Waals surface area contributed by atoms with E-state index in [-0.39, 0.29) is 98.0 Å². The number of likely N-dealkylation sites (tertiary alicyclic amines) is 4. The summed E-state index contributed by atoms with van der Waals surface area (Å²) in [5.41, 5.74) is 3.26. The maximum Gasteiger partial charge on any atom is 0.280 e. The SMILES string of the molecule is Cc1cc(NCC(C)(C)C)ncc1-c1sc(C(=O)NCC(C)(C)O)nc1C(=O)N1CC(F)(F)C[C@@H]1C.Cc1cc(NCC(C)(C)C)ncc1-c1sc(C(=O)NCC(C)(C)O)nc1C(=O)N1CCC[C@@H]1C.Cc1cc(NCC2(C)CC2)ncc1-c1sc(C(=O)NCC(C)(C)O)nc1C(=O)N1CC(F)(F)C[C@@H]1C.Cc1cc(NCC2(C)CC2)ncc1-c1sc(C(=O)NCC(C)(C)O)nc1C(=O)N1CCC[C@@H]1C. The first-order valence-corrected chi connectivity index (χ1v) is 51.0. The summed E-state index contributed by atoms with van der Waals surface area (Å²) >= 11 is 4.38. The van der Waals surface area contributed by atoms with Crippen molar-refractivity contribution in [3.05, 3.63) is 114 Å². The molecule has 4 saturated heterocycles. The molecule has 4 aliphatic heterocycles. The molecular formula is C100H140F4N20O12S4. The molecule has 0 aromatic carbocycles. The molecule has 4 atom stereocenters. The average Bonchev–Trinajstić information content (AvgIpc) is 1.63. The third kappa shape index (κ3) is 30.4. The number of anilines is 4. The minimum atomic E-state index is -2.98. The number of thiazole rings is 4. The van der Waals surface area contributed by atoms with E-state index < -0.39 is 108 Å². The molecule has 764 valence electrons. The monoisotopic (exact) mass is 2020 g/mol. The molecule has 6 fully saturated rings. The third-order valence-corrected chi connectivity index (χ3v) is 29.0. The van der Waals surface area contributed by atoms with Crippen LogP contribution in [0.4, 0.5) is 40.8 Å². The van der Waals surface area contributed by atoms with Gasteiger partial charge in [-0.3, -0.25) is 38.4 Å². The molecule has 12 N–H and O–H groups in total. The summed E-state index contributed by atoms with van der Waals surface area (Å²) in [6, 6.07) is 6.61. The van der Waals surface area contributed by atoms with Crippen LogP contribution < -0.4 is 42.5 Å². The normalized spacial score (nSPS) is 18.5. The standard InChI is InChI=1S/C25H33F2N5O3S.C25H35F2N5O3S.C25H35N5O3S.C25H37N5O3S/c1-14-8-17(29-12-24(5)6-7-24)28-10-16(14)19-18(22(34)32-13-25(26,27)9-15(32)2)31-21(36-19)20(33)30-11-23(3,4)35;1-14-8-17(29-11-23(3,4)5)28-10-16(14)19-18(22(34)32-13-25(26,27)9-15(32)2)31-21(36-19)20(33)30-12-24(6,7)35;1-15-11-18(27-14-25(5)8-9-25)26-12-17(15)20-19(23(32)30-10-6-7-16(30)2)29-22(34-20)21(31)28-13-24(3,4)33;1-15-11-18(27-13-24(3,4)5)26-12-17(15)20-19(23(32)30-10-8-9-16(30)2)29-22(34-20)21(31)28-14-25(6,7)33/h8,10,15,35H,6-7,9,11-13H2,1-5H3,(H,28,29)(H,30,33);8,10,15,35H,9,11-13H2,1-7H3,(H,28,29)(H,30,33);11-12,16,33H,6-10,13-14H2,1-5H3,(H,26,27)(H,28,31);11-12,16,33H,8-10,13-14H2,1-7H3,(H,26,27)(H,28,31)/t2*15-;2*16-/m0000/s1. The van der Waals surface area contributed by atoms with Crippen LogP contribution in [0.25, 0.3) is 41.8 Å². The van der Waals surface area contributed by atoms with Gasteiger partial charge in [-0.2, -0.15) is 0 Å². The molecule has 0 radical (unpaired) electrons. The Morgan fingerprint density at radius 1 is 0.371 bits per heavy atom. The molecule has 14 rings (SSSR count). The van der Waals surface area contributed by atoms with E-state index in [0.29, 0.717) is 78.4 Å². The second-order valence-electron chi connectivity index (χ2n) is 44.1. The van der Waals surface area contributed by atoms with Crippen molar-refractivity contribution in [2.75, 3.05) is 99.8 Å². The first-order chi connectivity index (χ1) is 64.8. The van der Waals surface area contributed by atoms with E-state index in [1.54, 1.807) is 94.0 Å². The van der Waals surface area contributed by atoms with Crippen LogP contribution in [0, 0.1) is 49.4 Å². The maximum absolute atomic E-state index is 14.0. The zero-order valence-electron chi connectivity index (χ0n) is 85.1. The summed E-state index contributed by atoms with van der Waals surface area (Å²) in [7, 11) is 0. The number of hydrogen-bond donors (Lipinski definition) is 12. The van der Waals surface area contributed by atoms with Crippen LogP contribution in [0.3, 0.4) is 0 Å². The van der Waals surface area contributed by atoms with Crippen molar-refractivity contribution in [1.82, 2.24) is 80.7 Å². The predicted octanol–water partition coefficient (Wildman–Crippen LogP) is 16.4. The highest BCUT2D eigenvalue weighted by atomic mass is 32.1. The van der Waals surface area contributed by atoms with E-state index in [4.69, 9.17) is 0 Å². The van der Waals surface area contributed by atoms with E-state index in [1.165, 1.54) is 48.4 Å². The van der Waals surface area contributed by atoms with Crippen molar-refractivity contribution in [1.29, 1.82) is 0 Å². The topological polar surface area (TPSA) is 430 Å². The van der Waals surface area contributed by atoms with Crippen LogP contribution in [0.1, 0.15) is 306 Å². The quantitative estimate of drug-likeness (QED) is 0.0186. The zero-order valence-corrected chi connectivity index (χ0v) is 88.3. The van der Waals surface area contributed by atoms with Gasteiger partial charge in [0.2, 0.25) is 0 Å². The highest BCUT2D eigenvalue weighted by Crippen LogP contribution is 2.48. The summed E-state index contributed by atoms with van der Waals surface area (Å²) in [5.74, 6) is -6.52. The number of aliphatic hydroxyl groups is 4. The molecule has 0 spiro atoms. The summed E-state index contributed by atoms with van der Waals surface area (Å²) < 4.78 is 56.2. The van der Waals surface area contributed by atoms with Crippen LogP contribution in [-0.4, -0.2) is 264 Å². The molecule has 2 saturated carbocycles. The number of aryl methyl sites for hydroxylation is 4. The van der Waals surface area contributed by atoms with E-state index in [2.05, 4.69) is 138 Å². The largest absolute Gasteiger partial charge is 0.389 e. The molecular weight excluding hydrogens is 1880 g/mol. The van der Waals surface area contributed by atoms with Gasteiger partial charge in [0.25, 0.3) is 59.1 Å². The fraction of sp³-hybridized carbons (Fsp3) is 0.600. The molecule has 40 heteroatoms. The van der Waals surface area contributed by atoms with Crippen molar-refractivity contribution in [2.24, 2.45) is 21.7 Å². The van der Waals surface area contributed by atoms with Crippen LogP contribution in [0.5, 0.6) is 0 Å². The van der Waals surface area contributed by atoms with Crippen molar-refractivity contribution < 1.29 is 76.3 Å². The van der Waals surface area contributed by atoms with E-state index in [1.807, 2.05) is 75.6 Å². The molecule has 0 bridgehead atoms. The maximum atomic E-state index is 14.0. The van der Waals surface area contributed by atoms with Crippen molar-refractivity contribution in [2.45, 2.75) is 289 Å². The first-order valence-electron chi connectivity index (χ1n) is 47.7. The van der Waals surface area contributed by atoms with Gasteiger partial charge in [-0.15, -0.1) is 45.3 Å². The number of alkyl halides is 4. The Balaban J connectivity index is 0.000000179. The average molecular weight is 2020 g/mol. The van der Waals surface area contributed by atoms with Gasteiger partial charge < -0.3 is 82.6 Å². The van der Waals surface area contributed by atoms with Gasteiger partial charge in [0.05, 0.1) is 55.0 Å². The van der Waals surface area contributed by atoms with E-state index >= 15 is 0 Å². The van der Waals surface area contributed by atoms with Crippen LogP contribution in [0.2, 0.25) is 0 Å². The Labute approximate surface area is 834 Å². The molecule has 8 amide bonds. The van der Waals surface area contributed by atoms with E-state index in [0.717, 1.165) is 123 Å². The number of amides is 8. The number of pyridine rings is 4. The number of carbonyl (C=O) groups excluding carboxylic acids is 8. The second-order valence-corrected chi connectivity index (χ2v) is 48.1. The smallest absolute Gasteiger partial charge is 0.280 e. The van der Waals surface area contributed by atoms with Gasteiger partial charge in [0.1, 0.15) is 46.0 Å². The predicted molar refractivity (Wildman–Crippen MR) is 542 cm³/mol. The van der Waals surface area contributed by atoms with Crippen molar-refractivity contribution >= 4 is 116 Å². The van der Waals surface area contributed by atoms with Crippen LogP contribution in [-0.2, 0) is 0 Å². The molecule has 140 heavy (non-hydrogen) atoms. The lowest BCUT2D eigenvalue weighted by Crippen LogP contribution is -2.38. The lowest BCUT2D eigenvalue weighted by molar-refractivity contribution is 0.0115. The number of nitrogens with zero attached hydrogens (tertiary/aromatic N) is 12. The van der Waals surface area contributed by atoms with Gasteiger partial charge in [0, 0.05) is 149 Å². The molecule has 2 aliphatic carbocycles. The Morgan fingerprint density at radius 2 is 0.607 bits per heavy atom. The minimum absolute atomic E-state index is 0.00513. The lowest BCUT2D eigenvalue weighted by Gasteiger charge is -2.21. The molecule has 8 aromatic heterocycles. The van der Waals surface area contributed by atoms with Gasteiger partial charge in [-0.25, -0.2) is 57.4 Å². The number of carbonyl (C=O) groups is 8. The number of hydrogen-bond acceptors (Lipinski definition) is 28. The molecule has 8 aromatic rings. The van der Waals surface area contributed by atoms with Crippen LogP contribution in [0.15, 0.2) is 49.1 Å². The minimum Gasteiger partial charge on any atom is -0.389 e. The molecule has 32 nitrogen and oxygen atoms in total. The Morgan fingerprint density at radius 3 is 0.800 bits per heavy atom. The second kappa shape index (κ2) is 43.4. The fourth-order valence-electron chi connectivity index (χ4n) is 15.7. The van der Waals surface area contributed by atoms with Crippen molar-refractivity contribution in [3.63, 3.8) is 0 Å². The summed E-state index contributed by atoms with van der Waals surface area (Å²) in [6.07, 6.45) is 14.6. The van der Waals surface area contributed by atoms with Crippen molar-refractivity contribution in [3.8, 4) is 41.8 Å². The highest BCUT2D eigenvalue weighted by molar-refractivity contribution is 7.18. The number of rotatable bonds is 30. The number of aromatic nitrogens is 8. The summed E-state index contributed by atoms with van der Waals surface area (Å²) in [6.45, 7) is 48.2.